The molecule has 3 N–H and O–H groups in total. The molecule has 0 saturated heterocycles. The second kappa shape index (κ2) is 6.86. The van der Waals surface area contributed by atoms with Crippen LogP contribution in [-0.2, 0) is 11.0 Å². The van der Waals surface area contributed by atoms with E-state index < -0.39 is 17.6 Å². The zero-order chi connectivity index (χ0) is 19.8. The fourth-order valence-electron chi connectivity index (χ4n) is 2.65. The number of carbonyl (C=O) groups excluding carboxylic acids is 1. The van der Waals surface area contributed by atoms with Crippen LogP contribution in [0, 0.1) is 0 Å². The lowest BCUT2D eigenvalue weighted by atomic mass is 9.96. The summed E-state index contributed by atoms with van der Waals surface area (Å²) in [5.41, 5.74) is 7.03. The summed E-state index contributed by atoms with van der Waals surface area (Å²) in [6.07, 6.45) is 1.21. The molecule has 3 aromatic rings. The number of alkyl halides is 3. The third-order valence-corrected chi connectivity index (χ3v) is 4.08. The Labute approximate surface area is 153 Å². The van der Waals surface area contributed by atoms with E-state index in [4.69, 9.17) is 5.73 Å². The summed E-state index contributed by atoms with van der Waals surface area (Å²) in [7, 11) is 0. The van der Waals surface area contributed by atoms with Gasteiger partial charge in [-0.05, 0) is 35.8 Å². The van der Waals surface area contributed by atoms with Crippen molar-refractivity contribution < 1.29 is 18.0 Å². The van der Waals surface area contributed by atoms with Crippen LogP contribution < -0.4 is 5.73 Å². The van der Waals surface area contributed by atoms with Crippen molar-refractivity contribution in [2.75, 3.05) is 0 Å². The highest BCUT2D eigenvalue weighted by atomic mass is 19.4. The summed E-state index contributed by atoms with van der Waals surface area (Å²) in [6, 6.07) is 3.89. The van der Waals surface area contributed by atoms with E-state index in [1.54, 1.807) is 12.3 Å². The number of H-pyrrole nitrogens is 1. The van der Waals surface area contributed by atoms with Gasteiger partial charge in [0.15, 0.2) is 5.65 Å². The second-order valence-electron chi connectivity index (χ2n) is 6.43. The molecule has 0 bridgehead atoms. The molecule has 27 heavy (non-hydrogen) atoms. The predicted molar refractivity (Wildman–Crippen MR) is 96.6 cm³/mol. The van der Waals surface area contributed by atoms with Crippen molar-refractivity contribution in [2.45, 2.75) is 25.9 Å². The average molecular weight is 374 g/mol. The number of carbonyl (C=O) groups is 1. The van der Waals surface area contributed by atoms with Gasteiger partial charge in [-0.15, -0.1) is 0 Å². The van der Waals surface area contributed by atoms with Crippen LogP contribution >= 0.6 is 0 Å². The molecule has 0 atom stereocenters. The summed E-state index contributed by atoms with van der Waals surface area (Å²) in [5.74, 6) is -0.697. The van der Waals surface area contributed by atoms with E-state index in [0.717, 1.165) is 12.1 Å². The Bertz CT molecular complexity index is 1040. The van der Waals surface area contributed by atoms with Crippen LogP contribution in [-0.4, -0.2) is 20.9 Å². The minimum Gasteiger partial charge on any atom is -0.366 e. The fraction of sp³-hybridized carbons (Fsp3) is 0.211. The molecule has 5 nitrogen and oxygen atoms in total. The van der Waals surface area contributed by atoms with Gasteiger partial charge >= 0.3 is 6.18 Å². The summed E-state index contributed by atoms with van der Waals surface area (Å²) >= 11 is 0. The zero-order valence-corrected chi connectivity index (χ0v) is 14.6. The van der Waals surface area contributed by atoms with Crippen molar-refractivity contribution >= 4 is 23.1 Å². The number of benzene rings is 1. The number of primary amides is 1. The van der Waals surface area contributed by atoms with Crippen LogP contribution in [0.5, 0.6) is 0 Å². The molecule has 0 unspecified atom stereocenters. The number of nitrogens with one attached hydrogen (secondary N) is 1. The first-order chi connectivity index (χ1) is 12.6. The molecular formula is C19H17F3N4O. The molecule has 0 radical (unpaired) electrons. The maximum atomic E-state index is 13.3. The highest BCUT2D eigenvalue weighted by molar-refractivity contribution is 5.93. The number of amides is 1. The molecule has 2 aromatic heterocycles. The van der Waals surface area contributed by atoms with Gasteiger partial charge in [0.25, 0.3) is 0 Å². The van der Waals surface area contributed by atoms with Gasteiger partial charge < -0.3 is 10.7 Å². The highest BCUT2D eigenvalue weighted by Crippen LogP contribution is 2.35. The number of fused-ring (bicyclic) bond motifs is 1. The topological polar surface area (TPSA) is 84.7 Å². The van der Waals surface area contributed by atoms with Crippen molar-refractivity contribution in [3.05, 3.63) is 53.4 Å². The standard InChI is InChI=1S/C19H17F3N4O/c1-10(2)12-5-13(7-14(6-12)19(20,21)22)15-9-25-18-17(26-15)11(8-24-18)3-4-16(23)27/h3-10H,1-2H3,(H2,23,27)(H,24,25)/b4-3+. The smallest absolute Gasteiger partial charge is 0.366 e. The summed E-state index contributed by atoms with van der Waals surface area (Å²) < 4.78 is 39.8. The maximum absolute atomic E-state index is 13.3. The van der Waals surface area contributed by atoms with E-state index in [2.05, 4.69) is 15.0 Å². The first-order valence-corrected chi connectivity index (χ1v) is 8.19. The van der Waals surface area contributed by atoms with Gasteiger partial charge in [-0.2, -0.15) is 13.2 Å². The minimum absolute atomic E-state index is 0.0796. The summed E-state index contributed by atoms with van der Waals surface area (Å²) in [6.45, 7) is 3.65. The first kappa shape index (κ1) is 18.6. The van der Waals surface area contributed by atoms with Crippen LogP contribution in [0.3, 0.4) is 0 Å². The summed E-state index contributed by atoms with van der Waals surface area (Å²) in [5, 5.41) is 0. The highest BCUT2D eigenvalue weighted by Gasteiger charge is 2.31. The van der Waals surface area contributed by atoms with Gasteiger partial charge in [-0.3, -0.25) is 4.79 Å². The SMILES string of the molecule is CC(C)c1cc(-c2cnc3[nH]cc(/C=C/C(N)=O)c3n2)cc(C(F)(F)F)c1. The Morgan fingerprint density at radius 1 is 1.26 bits per heavy atom. The Morgan fingerprint density at radius 3 is 2.63 bits per heavy atom. The maximum Gasteiger partial charge on any atom is 0.416 e. The van der Waals surface area contributed by atoms with E-state index in [1.165, 1.54) is 18.3 Å². The Morgan fingerprint density at radius 2 is 2.00 bits per heavy atom. The van der Waals surface area contributed by atoms with Gasteiger partial charge in [-0.25, -0.2) is 9.97 Å². The number of aromatic amines is 1. The van der Waals surface area contributed by atoms with E-state index in [-0.39, 0.29) is 5.92 Å². The number of nitrogens with two attached hydrogens (primary N) is 1. The Hall–Kier alpha value is -3.16. The van der Waals surface area contributed by atoms with Crippen molar-refractivity contribution in [2.24, 2.45) is 5.73 Å². The van der Waals surface area contributed by atoms with E-state index in [1.807, 2.05) is 13.8 Å². The van der Waals surface area contributed by atoms with Crippen molar-refractivity contribution in [3.63, 3.8) is 0 Å². The molecule has 0 fully saturated rings. The van der Waals surface area contributed by atoms with Crippen LogP contribution in [0.4, 0.5) is 13.2 Å². The molecule has 0 aliphatic heterocycles. The quantitative estimate of drug-likeness (QED) is 0.669. The van der Waals surface area contributed by atoms with Crippen LogP contribution in [0.25, 0.3) is 28.5 Å². The van der Waals surface area contributed by atoms with E-state index >= 15 is 0 Å². The van der Waals surface area contributed by atoms with Crippen LogP contribution in [0.2, 0.25) is 0 Å². The number of rotatable bonds is 4. The fourth-order valence-corrected chi connectivity index (χ4v) is 2.65. The first-order valence-electron chi connectivity index (χ1n) is 8.19. The molecular weight excluding hydrogens is 357 g/mol. The normalized spacial score (nSPS) is 12.4. The molecule has 1 amide bonds. The monoisotopic (exact) mass is 374 g/mol. The molecule has 140 valence electrons. The van der Waals surface area contributed by atoms with Gasteiger partial charge in [-0.1, -0.05) is 13.8 Å². The second-order valence-corrected chi connectivity index (χ2v) is 6.43. The molecule has 0 spiro atoms. The van der Waals surface area contributed by atoms with Gasteiger partial charge in [0.05, 0.1) is 17.5 Å². The number of nitrogens with zero attached hydrogens (tertiary/aromatic N) is 2. The van der Waals surface area contributed by atoms with Crippen LogP contribution in [0.1, 0.15) is 36.5 Å². The number of halogens is 3. The molecule has 8 heteroatoms. The lowest BCUT2D eigenvalue weighted by Crippen LogP contribution is -2.07. The van der Waals surface area contributed by atoms with E-state index in [0.29, 0.717) is 33.5 Å². The zero-order valence-electron chi connectivity index (χ0n) is 14.6. The lowest BCUT2D eigenvalue weighted by molar-refractivity contribution is -0.137. The number of aromatic nitrogens is 3. The molecule has 0 aliphatic rings. The van der Waals surface area contributed by atoms with Crippen molar-refractivity contribution in [1.82, 2.24) is 15.0 Å². The lowest BCUT2D eigenvalue weighted by Gasteiger charge is -2.14. The van der Waals surface area contributed by atoms with Gasteiger partial charge in [0, 0.05) is 23.4 Å². The van der Waals surface area contributed by atoms with Gasteiger partial charge in [0.2, 0.25) is 5.91 Å². The van der Waals surface area contributed by atoms with Crippen LogP contribution in [0.15, 0.2) is 36.7 Å². The number of hydrogen-bond donors (Lipinski definition) is 2. The molecule has 0 saturated carbocycles. The Balaban J connectivity index is 2.15. The largest absolute Gasteiger partial charge is 0.416 e. The minimum atomic E-state index is -4.46. The third-order valence-electron chi connectivity index (χ3n) is 4.08. The average Bonchev–Trinajstić information content (AvgIpc) is 3.01. The molecule has 3 rings (SSSR count). The summed E-state index contributed by atoms with van der Waals surface area (Å²) in [4.78, 5) is 22.5. The predicted octanol–water partition coefficient (Wildman–Crippen LogP) is 4.27. The molecule has 2 heterocycles. The number of hydrogen-bond acceptors (Lipinski definition) is 3. The van der Waals surface area contributed by atoms with Crippen molar-refractivity contribution in [3.8, 4) is 11.3 Å². The Kier molecular flexibility index (Phi) is 4.73. The third kappa shape index (κ3) is 3.99. The molecule has 0 aliphatic carbocycles. The molecule has 1 aromatic carbocycles. The van der Waals surface area contributed by atoms with Crippen molar-refractivity contribution in [1.29, 1.82) is 0 Å². The van der Waals surface area contributed by atoms with E-state index in [9.17, 15) is 18.0 Å². The van der Waals surface area contributed by atoms with Gasteiger partial charge in [0.1, 0.15) is 5.52 Å².